The number of ether oxygens (including phenoxy) is 1. The van der Waals surface area contributed by atoms with Crippen LogP contribution in [-0.2, 0) is 14.3 Å². The molecule has 0 bridgehead atoms. The fourth-order valence-electron chi connectivity index (χ4n) is 2.14. The van der Waals surface area contributed by atoms with Gasteiger partial charge in [0.15, 0.2) is 0 Å². The van der Waals surface area contributed by atoms with Crippen molar-refractivity contribution in [1.82, 2.24) is 0 Å². The molecule has 0 unspecified atom stereocenters. The highest BCUT2D eigenvalue weighted by molar-refractivity contribution is 5.83. The van der Waals surface area contributed by atoms with Crippen molar-refractivity contribution in [1.29, 1.82) is 0 Å². The van der Waals surface area contributed by atoms with Gasteiger partial charge in [-0.05, 0) is 11.3 Å². The van der Waals surface area contributed by atoms with Crippen LogP contribution in [0.1, 0.15) is 13.8 Å². The van der Waals surface area contributed by atoms with Crippen LogP contribution in [0, 0.1) is 17.3 Å². The molecule has 1 rings (SSSR count). The summed E-state index contributed by atoms with van der Waals surface area (Å²) in [5.41, 5.74) is -0.803. The standard InChI is InChI=1S/C12H12F6O4/c1-10(2)5(7(10)8(20)21)3-4-6(19)22-9(11(13,14)15)12(16,17)18/h3-5,7,9H,1-2H3,(H,20,21)/p-1/b4-3-/t5-,7-/m0/s1. The van der Waals surface area contributed by atoms with E-state index in [9.17, 15) is 41.0 Å². The van der Waals surface area contributed by atoms with Gasteiger partial charge in [-0.1, -0.05) is 19.9 Å². The van der Waals surface area contributed by atoms with Crippen molar-refractivity contribution in [3.63, 3.8) is 0 Å². The number of carbonyl (C=O) groups is 2. The number of allylic oxidation sites excluding steroid dienone is 1. The van der Waals surface area contributed by atoms with E-state index in [1.807, 2.05) is 0 Å². The van der Waals surface area contributed by atoms with E-state index < -0.39 is 47.6 Å². The molecule has 0 aromatic carbocycles. The summed E-state index contributed by atoms with van der Waals surface area (Å²) < 4.78 is 76.4. The molecule has 22 heavy (non-hydrogen) atoms. The second-order valence-electron chi connectivity index (χ2n) is 5.40. The zero-order valence-corrected chi connectivity index (χ0v) is 11.3. The first kappa shape index (κ1) is 18.3. The first-order chi connectivity index (χ1) is 9.69. The number of rotatable bonds is 4. The zero-order valence-electron chi connectivity index (χ0n) is 11.3. The molecule has 1 aliphatic carbocycles. The number of aliphatic carboxylic acids is 1. The van der Waals surface area contributed by atoms with Crippen molar-refractivity contribution in [2.75, 3.05) is 0 Å². The largest absolute Gasteiger partial charge is 0.550 e. The smallest absolute Gasteiger partial charge is 0.434 e. The molecule has 10 heteroatoms. The third-order valence-electron chi connectivity index (χ3n) is 3.43. The van der Waals surface area contributed by atoms with Gasteiger partial charge in [-0.3, -0.25) is 0 Å². The van der Waals surface area contributed by atoms with Crippen LogP contribution in [0.3, 0.4) is 0 Å². The quantitative estimate of drug-likeness (QED) is 0.445. The molecule has 4 nitrogen and oxygen atoms in total. The molecule has 0 aromatic rings. The van der Waals surface area contributed by atoms with Gasteiger partial charge in [0.2, 0.25) is 0 Å². The molecule has 0 aliphatic heterocycles. The minimum Gasteiger partial charge on any atom is -0.550 e. The SMILES string of the molecule is CC1(C)[C@H](C(=O)[O-])[C@@H]1/C=C\C(=O)OC(C(F)(F)F)C(F)(F)F. The number of carboxylic acids is 1. The Labute approximate surface area is 120 Å². The Bertz CT molecular complexity index is 477. The fourth-order valence-corrected chi connectivity index (χ4v) is 2.14. The average molecular weight is 333 g/mol. The minimum absolute atomic E-state index is 0.361. The lowest BCUT2D eigenvalue weighted by Gasteiger charge is -2.22. The second-order valence-corrected chi connectivity index (χ2v) is 5.40. The number of carbonyl (C=O) groups excluding carboxylic acids is 2. The molecule has 2 atom stereocenters. The van der Waals surface area contributed by atoms with Crippen molar-refractivity contribution in [2.45, 2.75) is 32.3 Å². The van der Waals surface area contributed by atoms with Crippen molar-refractivity contribution < 1.29 is 45.8 Å². The highest BCUT2D eigenvalue weighted by atomic mass is 19.4. The maximum Gasteiger partial charge on any atom is 0.434 e. The lowest BCUT2D eigenvalue weighted by atomic mass is 10.1. The lowest BCUT2D eigenvalue weighted by Crippen LogP contribution is -2.45. The second kappa shape index (κ2) is 5.47. The Balaban J connectivity index is 2.74. The maximum absolute atomic E-state index is 12.2. The number of carboxylic acid groups (broad SMARTS) is 1. The fraction of sp³-hybridized carbons (Fsp3) is 0.667. The van der Waals surface area contributed by atoms with Gasteiger partial charge in [-0.2, -0.15) is 26.3 Å². The van der Waals surface area contributed by atoms with E-state index in [1.54, 1.807) is 0 Å². The molecule has 1 saturated carbocycles. The first-order valence-corrected chi connectivity index (χ1v) is 5.92. The summed E-state index contributed by atoms with van der Waals surface area (Å²) in [4.78, 5) is 21.8. The molecular formula is C12H11F6O4-. The van der Waals surface area contributed by atoms with Crippen LogP contribution in [-0.4, -0.2) is 30.4 Å². The third-order valence-corrected chi connectivity index (χ3v) is 3.43. The Kier molecular flexibility index (Phi) is 4.55. The van der Waals surface area contributed by atoms with Crippen LogP contribution in [0.4, 0.5) is 26.3 Å². The summed E-state index contributed by atoms with van der Waals surface area (Å²) in [5.74, 6) is -4.99. The third kappa shape index (κ3) is 3.92. The van der Waals surface area contributed by atoms with E-state index in [-0.39, 0.29) is 0 Å². The number of hydrogen-bond donors (Lipinski definition) is 0. The molecule has 0 heterocycles. The van der Waals surface area contributed by atoms with Crippen molar-refractivity contribution >= 4 is 11.9 Å². The van der Waals surface area contributed by atoms with Crippen LogP contribution in [0.25, 0.3) is 0 Å². The van der Waals surface area contributed by atoms with E-state index in [1.165, 1.54) is 13.8 Å². The highest BCUT2D eigenvalue weighted by Gasteiger charge is 2.60. The summed E-state index contributed by atoms with van der Waals surface area (Å²) in [7, 11) is 0. The summed E-state index contributed by atoms with van der Waals surface area (Å²) >= 11 is 0. The maximum atomic E-state index is 12.2. The van der Waals surface area contributed by atoms with E-state index in [0.29, 0.717) is 6.08 Å². The summed E-state index contributed by atoms with van der Waals surface area (Å²) in [6.07, 6.45) is -14.6. The van der Waals surface area contributed by atoms with E-state index in [2.05, 4.69) is 4.74 Å². The summed E-state index contributed by atoms with van der Waals surface area (Å²) in [5, 5.41) is 10.7. The van der Waals surface area contributed by atoms with Gasteiger partial charge < -0.3 is 14.6 Å². The Morgan fingerprint density at radius 3 is 1.91 bits per heavy atom. The average Bonchev–Trinajstić information content (AvgIpc) is 2.82. The van der Waals surface area contributed by atoms with Crippen LogP contribution < -0.4 is 5.11 Å². The van der Waals surface area contributed by atoms with Crippen molar-refractivity contribution in [2.24, 2.45) is 17.3 Å². The van der Waals surface area contributed by atoms with Crippen LogP contribution in [0.2, 0.25) is 0 Å². The summed E-state index contributed by atoms with van der Waals surface area (Å²) in [6.45, 7) is 3.00. The number of alkyl halides is 6. The predicted molar refractivity (Wildman–Crippen MR) is 56.9 cm³/mol. The molecule has 0 N–H and O–H groups in total. The first-order valence-electron chi connectivity index (χ1n) is 5.92. The monoisotopic (exact) mass is 333 g/mol. The van der Waals surface area contributed by atoms with Gasteiger partial charge in [-0.15, -0.1) is 0 Å². The molecule has 1 aliphatic rings. The molecule has 0 amide bonds. The molecule has 0 saturated heterocycles. The summed E-state index contributed by atoms with van der Waals surface area (Å²) in [6, 6.07) is 0. The predicted octanol–water partition coefficient (Wildman–Crippen LogP) is 1.60. The van der Waals surface area contributed by atoms with E-state index in [0.717, 1.165) is 6.08 Å². The van der Waals surface area contributed by atoms with Gasteiger partial charge in [0.1, 0.15) is 0 Å². The van der Waals surface area contributed by atoms with Gasteiger partial charge >= 0.3 is 18.3 Å². The zero-order chi connectivity index (χ0) is 17.5. The van der Waals surface area contributed by atoms with Gasteiger partial charge in [0, 0.05) is 18.0 Å². The number of halogens is 6. The van der Waals surface area contributed by atoms with E-state index >= 15 is 0 Å². The van der Waals surface area contributed by atoms with Crippen molar-refractivity contribution in [3.8, 4) is 0 Å². The minimum atomic E-state index is -5.80. The molecule has 0 spiro atoms. The van der Waals surface area contributed by atoms with E-state index in [4.69, 9.17) is 0 Å². The Hall–Kier alpha value is -1.74. The molecular weight excluding hydrogens is 322 g/mol. The van der Waals surface area contributed by atoms with Crippen molar-refractivity contribution in [3.05, 3.63) is 12.2 Å². The topological polar surface area (TPSA) is 66.4 Å². The molecule has 1 fully saturated rings. The molecule has 126 valence electrons. The normalized spacial score (nSPS) is 24.6. The Morgan fingerprint density at radius 2 is 1.59 bits per heavy atom. The number of esters is 1. The molecule has 0 radical (unpaired) electrons. The van der Waals surface area contributed by atoms with Gasteiger partial charge in [-0.25, -0.2) is 4.79 Å². The van der Waals surface area contributed by atoms with Crippen LogP contribution in [0.5, 0.6) is 0 Å². The molecule has 0 aromatic heterocycles. The van der Waals surface area contributed by atoms with Gasteiger partial charge in [0.05, 0.1) is 0 Å². The highest BCUT2D eigenvalue weighted by Crippen LogP contribution is 2.58. The number of hydrogen-bond acceptors (Lipinski definition) is 4. The van der Waals surface area contributed by atoms with Gasteiger partial charge in [0.25, 0.3) is 6.10 Å². The Morgan fingerprint density at radius 1 is 1.14 bits per heavy atom. The lowest BCUT2D eigenvalue weighted by molar-refractivity contribution is -0.312. The van der Waals surface area contributed by atoms with Crippen LogP contribution >= 0.6 is 0 Å². The van der Waals surface area contributed by atoms with Crippen LogP contribution in [0.15, 0.2) is 12.2 Å².